The summed E-state index contributed by atoms with van der Waals surface area (Å²) in [6, 6.07) is 0. The van der Waals surface area contributed by atoms with E-state index in [1.165, 1.54) is 18.4 Å². The van der Waals surface area contributed by atoms with Gasteiger partial charge in [0, 0.05) is 19.6 Å². The molecule has 6 nitrogen and oxygen atoms in total. The third-order valence-electron chi connectivity index (χ3n) is 5.66. The van der Waals surface area contributed by atoms with Crippen molar-refractivity contribution in [3.05, 3.63) is 28.9 Å². The molecule has 2 aliphatic rings. The zero-order valence-corrected chi connectivity index (χ0v) is 17.4. The summed E-state index contributed by atoms with van der Waals surface area (Å²) in [5, 5.41) is 5.98. The number of hydrogen-bond acceptors (Lipinski definition) is 3. The van der Waals surface area contributed by atoms with Gasteiger partial charge in [-0.25, -0.2) is 4.98 Å². The van der Waals surface area contributed by atoms with Crippen LogP contribution >= 0.6 is 0 Å². The average molecular weight is 387 g/mol. The number of fused-ring (bicyclic) bond motifs is 1. The van der Waals surface area contributed by atoms with Crippen LogP contribution in [0.2, 0.25) is 0 Å². The standard InChI is InChI=1S/C22H34N4O2/c1-16(2)11-13-23-21(27)19-18-10-6-7-15-26(18)20(25-19)22(28)24-14-12-17-8-4-3-5-9-17/h8,16H,3-7,9-15H2,1-2H3,(H,23,27)(H,24,28). The summed E-state index contributed by atoms with van der Waals surface area (Å²) in [6.07, 6.45) is 11.8. The lowest BCUT2D eigenvalue weighted by Gasteiger charge is -2.17. The van der Waals surface area contributed by atoms with Crippen LogP contribution in [-0.4, -0.2) is 34.5 Å². The van der Waals surface area contributed by atoms with Crippen LogP contribution in [-0.2, 0) is 13.0 Å². The Labute approximate surface area is 168 Å². The molecule has 1 aliphatic heterocycles. The molecule has 2 heterocycles. The van der Waals surface area contributed by atoms with Gasteiger partial charge < -0.3 is 15.2 Å². The first-order valence-corrected chi connectivity index (χ1v) is 10.9. The van der Waals surface area contributed by atoms with E-state index in [-0.39, 0.29) is 11.8 Å². The maximum Gasteiger partial charge on any atom is 0.287 e. The zero-order chi connectivity index (χ0) is 19.9. The third kappa shape index (κ3) is 5.24. The van der Waals surface area contributed by atoms with E-state index in [2.05, 4.69) is 35.5 Å². The molecular formula is C22H34N4O2. The van der Waals surface area contributed by atoms with Gasteiger partial charge in [-0.15, -0.1) is 0 Å². The lowest BCUT2D eigenvalue weighted by Crippen LogP contribution is -2.29. The van der Waals surface area contributed by atoms with E-state index in [0.29, 0.717) is 30.5 Å². The van der Waals surface area contributed by atoms with Crippen LogP contribution in [0.15, 0.2) is 11.6 Å². The fourth-order valence-electron chi connectivity index (χ4n) is 4.00. The third-order valence-corrected chi connectivity index (χ3v) is 5.66. The van der Waals surface area contributed by atoms with Crippen molar-refractivity contribution in [1.29, 1.82) is 0 Å². The Balaban J connectivity index is 1.64. The molecule has 0 unspecified atom stereocenters. The molecule has 0 saturated carbocycles. The summed E-state index contributed by atoms with van der Waals surface area (Å²) in [5.41, 5.74) is 2.79. The van der Waals surface area contributed by atoms with Crippen LogP contribution < -0.4 is 10.6 Å². The fraction of sp³-hybridized carbons (Fsp3) is 0.682. The number of allylic oxidation sites excluding steroid dienone is 1. The second-order valence-corrected chi connectivity index (χ2v) is 8.39. The number of aromatic nitrogens is 2. The molecule has 1 aromatic heterocycles. The predicted octanol–water partition coefficient (Wildman–Crippen LogP) is 3.62. The number of amides is 2. The molecule has 2 N–H and O–H groups in total. The average Bonchev–Trinajstić information content (AvgIpc) is 3.08. The monoisotopic (exact) mass is 386 g/mol. The van der Waals surface area contributed by atoms with E-state index in [1.807, 2.05) is 4.57 Å². The SMILES string of the molecule is CC(C)CCNC(=O)c1nc(C(=O)NCCC2=CCCCC2)n2c1CCCC2. The number of carbonyl (C=O) groups is 2. The Morgan fingerprint density at radius 1 is 1.07 bits per heavy atom. The molecule has 3 rings (SSSR count). The molecule has 154 valence electrons. The van der Waals surface area contributed by atoms with Gasteiger partial charge in [0.1, 0.15) is 5.69 Å². The van der Waals surface area contributed by atoms with Gasteiger partial charge in [0.05, 0.1) is 5.69 Å². The summed E-state index contributed by atoms with van der Waals surface area (Å²) in [4.78, 5) is 29.9. The molecule has 6 heteroatoms. The molecule has 0 spiro atoms. The largest absolute Gasteiger partial charge is 0.351 e. The lowest BCUT2D eigenvalue weighted by atomic mass is 9.97. The molecular weight excluding hydrogens is 352 g/mol. The highest BCUT2D eigenvalue weighted by Gasteiger charge is 2.27. The summed E-state index contributed by atoms with van der Waals surface area (Å²) >= 11 is 0. The minimum atomic E-state index is -0.166. The zero-order valence-electron chi connectivity index (χ0n) is 17.4. The number of hydrogen-bond donors (Lipinski definition) is 2. The highest BCUT2D eigenvalue weighted by Crippen LogP contribution is 2.22. The molecule has 28 heavy (non-hydrogen) atoms. The predicted molar refractivity (Wildman–Crippen MR) is 110 cm³/mol. The Morgan fingerprint density at radius 2 is 1.86 bits per heavy atom. The van der Waals surface area contributed by atoms with E-state index in [9.17, 15) is 9.59 Å². The number of imidazole rings is 1. The van der Waals surface area contributed by atoms with Crippen molar-refractivity contribution in [3.63, 3.8) is 0 Å². The summed E-state index contributed by atoms with van der Waals surface area (Å²) in [6.45, 7) is 6.30. The molecule has 0 bridgehead atoms. The van der Waals surface area contributed by atoms with Crippen LogP contribution in [0.3, 0.4) is 0 Å². The Morgan fingerprint density at radius 3 is 2.61 bits per heavy atom. The topological polar surface area (TPSA) is 76.0 Å². The van der Waals surface area contributed by atoms with Crippen LogP contribution in [0, 0.1) is 5.92 Å². The first-order chi connectivity index (χ1) is 13.6. The van der Waals surface area contributed by atoms with E-state index < -0.39 is 0 Å². The summed E-state index contributed by atoms with van der Waals surface area (Å²) in [5.74, 6) is 0.608. The quantitative estimate of drug-likeness (QED) is 0.670. The van der Waals surface area contributed by atoms with Crippen molar-refractivity contribution in [2.45, 2.75) is 78.2 Å². The van der Waals surface area contributed by atoms with Crippen molar-refractivity contribution in [3.8, 4) is 0 Å². The van der Waals surface area contributed by atoms with E-state index in [4.69, 9.17) is 0 Å². The number of nitrogens with one attached hydrogen (secondary N) is 2. The van der Waals surface area contributed by atoms with E-state index in [0.717, 1.165) is 57.2 Å². The van der Waals surface area contributed by atoms with Crippen LogP contribution in [0.25, 0.3) is 0 Å². The number of nitrogens with zero attached hydrogens (tertiary/aromatic N) is 2. The van der Waals surface area contributed by atoms with Gasteiger partial charge in [0.15, 0.2) is 5.82 Å². The molecule has 0 aromatic carbocycles. The minimum absolute atomic E-state index is 0.155. The Bertz CT molecular complexity index is 733. The molecule has 1 aromatic rings. The first kappa shape index (κ1) is 20.6. The second-order valence-electron chi connectivity index (χ2n) is 8.39. The van der Waals surface area contributed by atoms with Crippen molar-refractivity contribution in [1.82, 2.24) is 20.2 Å². The Kier molecular flexibility index (Phi) is 7.29. The maximum atomic E-state index is 12.8. The molecule has 1 aliphatic carbocycles. The van der Waals surface area contributed by atoms with Crippen molar-refractivity contribution in [2.24, 2.45) is 5.92 Å². The number of carbonyl (C=O) groups excluding carboxylic acids is 2. The highest BCUT2D eigenvalue weighted by molar-refractivity contribution is 5.97. The first-order valence-electron chi connectivity index (χ1n) is 10.9. The van der Waals surface area contributed by atoms with Gasteiger partial charge in [-0.1, -0.05) is 25.5 Å². The van der Waals surface area contributed by atoms with Crippen LogP contribution in [0.1, 0.15) is 92.0 Å². The highest BCUT2D eigenvalue weighted by atomic mass is 16.2. The fourth-order valence-corrected chi connectivity index (χ4v) is 4.00. The van der Waals surface area contributed by atoms with E-state index >= 15 is 0 Å². The van der Waals surface area contributed by atoms with E-state index in [1.54, 1.807) is 0 Å². The van der Waals surface area contributed by atoms with Gasteiger partial charge in [-0.2, -0.15) is 0 Å². The summed E-state index contributed by atoms with van der Waals surface area (Å²) in [7, 11) is 0. The van der Waals surface area contributed by atoms with Crippen LogP contribution in [0.5, 0.6) is 0 Å². The maximum absolute atomic E-state index is 12.8. The van der Waals surface area contributed by atoms with Crippen molar-refractivity contribution in [2.75, 3.05) is 13.1 Å². The second kappa shape index (κ2) is 9.89. The minimum Gasteiger partial charge on any atom is -0.351 e. The lowest BCUT2D eigenvalue weighted by molar-refractivity contribution is 0.0938. The van der Waals surface area contributed by atoms with Gasteiger partial charge >= 0.3 is 0 Å². The van der Waals surface area contributed by atoms with Gasteiger partial charge in [0.2, 0.25) is 0 Å². The van der Waals surface area contributed by atoms with Crippen molar-refractivity contribution >= 4 is 11.8 Å². The van der Waals surface area contributed by atoms with Crippen LogP contribution in [0.4, 0.5) is 0 Å². The Hall–Kier alpha value is -2.11. The normalized spacial score (nSPS) is 16.5. The molecule has 0 fully saturated rings. The summed E-state index contributed by atoms with van der Waals surface area (Å²) < 4.78 is 1.95. The molecule has 0 atom stereocenters. The molecule has 2 amide bonds. The van der Waals surface area contributed by atoms with Gasteiger partial charge in [0.25, 0.3) is 11.8 Å². The van der Waals surface area contributed by atoms with Gasteiger partial charge in [-0.05, 0) is 63.7 Å². The van der Waals surface area contributed by atoms with Crippen molar-refractivity contribution < 1.29 is 9.59 Å². The van der Waals surface area contributed by atoms with Gasteiger partial charge in [-0.3, -0.25) is 9.59 Å². The molecule has 0 saturated heterocycles. The molecule has 0 radical (unpaired) electrons. The number of rotatable bonds is 8. The smallest absolute Gasteiger partial charge is 0.287 e.